The van der Waals surface area contributed by atoms with Crippen LogP contribution in [0.15, 0.2) is 23.3 Å². The molecule has 3 N–H and O–H groups in total. The summed E-state index contributed by atoms with van der Waals surface area (Å²) in [5.41, 5.74) is 9.42. The van der Waals surface area contributed by atoms with Crippen LogP contribution in [0.5, 0.6) is 11.5 Å². The van der Waals surface area contributed by atoms with Gasteiger partial charge in [-0.3, -0.25) is 4.79 Å². The number of amides is 1. The lowest BCUT2D eigenvalue weighted by Gasteiger charge is -2.10. The Kier molecular flexibility index (Phi) is 6.14. The summed E-state index contributed by atoms with van der Waals surface area (Å²) in [6.07, 6.45) is 2.44. The number of rotatable bonds is 7. The molecule has 0 aliphatic rings. The number of methoxy groups -OCH3 is 1. The van der Waals surface area contributed by atoms with E-state index < -0.39 is 0 Å². The summed E-state index contributed by atoms with van der Waals surface area (Å²) in [5.74, 6) is 0.954. The average molecular weight is 348 g/mol. The van der Waals surface area contributed by atoms with Crippen LogP contribution < -0.4 is 20.6 Å². The molecule has 0 fully saturated rings. The molecule has 0 saturated carbocycles. The average Bonchev–Trinajstić information content (AvgIpc) is 2.91. The number of hydrazone groups is 1. The number of anilines is 1. The van der Waals surface area contributed by atoms with E-state index in [-0.39, 0.29) is 5.91 Å². The molecule has 8 heteroatoms. The van der Waals surface area contributed by atoms with Crippen molar-refractivity contribution >= 4 is 28.6 Å². The summed E-state index contributed by atoms with van der Waals surface area (Å²) in [4.78, 5) is 16.5. The number of nitrogens with zero attached hydrogens (tertiary/aromatic N) is 2. The highest BCUT2D eigenvalue weighted by Crippen LogP contribution is 2.27. The first-order valence-electron chi connectivity index (χ1n) is 7.42. The maximum atomic E-state index is 12.0. The van der Waals surface area contributed by atoms with Crippen LogP contribution in [0, 0.1) is 6.92 Å². The number of thiazole rings is 1. The van der Waals surface area contributed by atoms with Crippen molar-refractivity contribution in [2.24, 2.45) is 5.10 Å². The van der Waals surface area contributed by atoms with Crippen molar-refractivity contribution in [3.63, 3.8) is 0 Å². The van der Waals surface area contributed by atoms with E-state index in [1.807, 2.05) is 13.0 Å². The Morgan fingerprint density at radius 2 is 2.25 bits per heavy atom. The van der Waals surface area contributed by atoms with Crippen LogP contribution in [-0.4, -0.2) is 30.8 Å². The summed E-state index contributed by atoms with van der Waals surface area (Å²) in [5, 5.41) is 4.32. The Morgan fingerprint density at radius 3 is 2.88 bits per heavy atom. The molecule has 0 atom stereocenters. The fourth-order valence-corrected chi connectivity index (χ4v) is 2.67. The third-order valence-corrected chi connectivity index (χ3v) is 4.03. The van der Waals surface area contributed by atoms with Crippen molar-refractivity contribution in [3.8, 4) is 11.5 Å². The van der Waals surface area contributed by atoms with Gasteiger partial charge in [-0.1, -0.05) is 18.3 Å². The number of aromatic nitrogens is 1. The molecule has 7 nitrogen and oxygen atoms in total. The van der Waals surface area contributed by atoms with Crippen molar-refractivity contribution in [2.45, 2.75) is 20.3 Å². The van der Waals surface area contributed by atoms with Crippen molar-refractivity contribution in [1.82, 2.24) is 10.4 Å². The normalized spacial score (nSPS) is 10.8. The van der Waals surface area contributed by atoms with Gasteiger partial charge in [-0.25, -0.2) is 10.4 Å². The fraction of sp³-hybridized carbons (Fsp3) is 0.312. The van der Waals surface area contributed by atoms with Gasteiger partial charge >= 0.3 is 0 Å². The largest absolute Gasteiger partial charge is 0.493 e. The SMILES string of the molecule is CCCOc1cc(/C=N\NC(=O)c2sc(N)nc2C)ccc1OC. The van der Waals surface area contributed by atoms with Crippen LogP contribution in [0.1, 0.15) is 34.3 Å². The summed E-state index contributed by atoms with van der Waals surface area (Å²) >= 11 is 1.13. The number of hydrogen-bond acceptors (Lipinski definition) is 7. The van der Waals surface area contributed by atoms with Gasteiger partial charge in [-0.05, 0) is 37.1 Å². The van der Waals surface area contributed by atoms with Crippen LogP contribution in [0.2, 0.25) is 0 Å². The van der Waals surface area contributed by atoms with Crippen molar-refractivity contribution < 1.29 is 14.3 Å². The Hall–Kier alpha value is -2.61. The van der Waals surface area contributed by atoms with E-state index in [1.165, 1.54) is 6.21 Å². The summed E-state index contributed by atoms with van der Waals surface area (Å²) in [7, 11) is 1.59. The molecule has 1 amide bonds. The first-order valence-corrected chi connectivity index (χ1v) is 8.24. The minimum atomic E-state index is -0.339. The van der Waals surface area contributed by atoms with E-state index in [0.717, 1.165) is 23.3 Å². The van der Waals surface area contributed by atoms with Crippen LogP contribution in [0.4, 0.5) is 5.13 Å². The highest BCUT2D eigenvalue weighted by Gasteiger charge is 2.13. The number of nitrogens with one attached hydrogen (secondary N) is 1. The number of nitrogens with two attached hydrogens (primary N) is 1. The molecule has 0 aliphatic heterocycles. The van der Waals surface area contributed by atoms with Crippen molar-refractivity contribution in [1.29, 1.82) is 0 Å². The minimum absolute atomic E-state index is 0.339. The second-order valence-electron chi connectivity index (χ2n) is 4.92. The number of benzene rings is 1. The second-order valence-corrected chi connectivity index (χ2v) is 5.96. The quantitative estimate of drug-likeness (QED) is 0.592. The van der Waals surface area contributed by atoms with Gasteiger partial charge in [0.15, 0.2) is 16.6 Å². The maximum Gasteiger partial charge on any atom is 0.283 e. The second kappa shape index (κ2) is 8.30. The van der Waals surface area contributed by atoms with E-state index in [0.29, 0.717) is 33.8 Å². The molecule has 2 rings (SSSR count). The van der Waals surface area contributed by atoms with E-state index in [1.54, 1.807) is 26.2 Å². The first kappa shape index (κ1) is 17.7. The monoisotopic (exact) mass is 348 g/mol. The molecule has 2 aromatic rings. The summed E-state index contributed by atoms with van der Waals surface area (Å²) in [6, 6.07) is 5.42. The standard InChI is InChI=1S/C16H20N4O3S/c1-4-7-23-13-8-11(5-6-12(13)22-3)9-18-20-15(21)14-10(2)19-16(17)24-14/h5-6,8-9H,4,7H2,1-3H3,(H2,17,19)(H,20,21)/b18-9-. The Bertz CT molecular complexity index is 743. The van der Waals surface area contributed by atoms with Crippen molar-refractivity contribution in [2.75, 3.05) is 19.5 Å². The molecule has 0 aliphatic carbocycles. The molecule has 0 spiro atoms. The minimum Gasteiger partial charge on any atom is -0.493 e. The van der Waals surface area contributed by atoms with E-state index in [4.69, 9.17) is 15.2 Å². The smallest absolute Gasteiger partial charge is 0.283 e. The summed E-state index contributed by atoms with van der Waals surface area (Å²) < 4.78 is 10.9. The summed E-state index contributed by atoms with van der Waals surface area (Å²) in [6.45, 7) is 4.35. The molecule has 1 heterocycles. The van der Waals surface area contributed by atoms with Crippen LogP contribution in [-0.2, 0) is 0 Å². The van der Waals surface area contributed by atoms with Crippen LogP contribution >= 0.6 is 11.3 Å². The molecule has 1 aromatic heterocycles. The predicted octanol–water partition coefficient (Wildman–Crippen LogP) is 2.60. The van der Waals surface area contributed by atoms with Gasteiger partial charge in [0.25, 0.3) is 5.91 Å². The lowest BCUT2D eigenvalue weighted by Crippen LogP contribution is -2.17. The van der Waals surface area contributed by atoms with Crippen molar-refractivity contribution in [3.05, 3.63) is 34.3 Å². The highest BCUT2D eigenvalue weighted by atomic mass is 32.1. The number of ether oxygens (including phenoxy) is 2. The van der Waals surface area contributed by atoms with Crippen LogP contribution in [0.3, 0.4) is 0 Å². The number of nitrogen functional groups attached to an aromatic ring is 1. The fourth-order valence-electron chi connectivity index (χ4n) is 1.94. The Morgan fingerprint density at radius 1 is 1.46 bits per heavy atom. The number of carbonyl (C=O) groups is 1. The number of carbonyl (C=O) groups excluding carboxylic acids is 1. The lowest BCUT2D eigenvalue weighted by molar-refractivity contribution is 0.0958. The number of hydrogen-bond donors (Lipinski definition) is 2. The third-order valence-electron chi connectivity index (χ3n) is 3.05. The van der Waals surface area contributed by atoms with Gasteiger partial charge < -0.3 is 15.2 Å². The lowest BCUT2D eigenvalue weighted by atomic mass is 10.2. The Balaban J connectivity index is 2.05. The van der Waals surface area contributed by atoms with Gasteiger partial charge in [-0.2, -0.15) is 5.10 Å². The molecule has 0 unspecified atom stereocenters. The molecule has 0 saturated heterocycles. The van der Waals surface area contributed by atoms with E-state index in [9.17, 15) is 4.79 Å². The molecule has 128 valence electrons. The first-order chi connectivity index (χ1) is 11.5. The van der Waals surface area contributed by atoms with Crippen LogP contribution in [0.25, 0.3) is 0 Å². The third kappa shape index (κ3) is 4.45. The van der Waals surface area contributed by atoms with Gasteiger partial charge in [0, 0.05) is 0 Å². The number of aryl methyl sites for hydroxylation is 1. The molecule has 24 heavy (non-hydrogen) atoms. The molecular weight excluding hydrogens is 328 g/mol. The Labute approximate surface area is 144 Å². The zero-order valence-corrected chi connectivity index (χ0v) is 14.6. The molecule has 0 bridgehead atoms. The molecule has 0 radical (unpaired) electrons. The zero-order valence-electron chi connectivity index (χ0n) is 13.8. The molecular formula is C16H20N4O3S. The zero-order chi connectivity index (χ0) is 17.5. The molecule has 1 aromatic carbocycles. The van der Waals surface area contributed by atoms with E-state index in [2.05, 4.69) is 15.5 Å². The van der Waals surface area contributed by atoms with Gasteiger partial charge in [-0.15, -0.1) is 0 Å². The predicted molar refractivity (Wildman–Crippen MR) is 95.1 cm³/mol. The van der Waals surface area contributed by atoms with Gasteiger partial charge in [0.2, 0.25) is 0 Å². The van der Waals surface area contributed by atoms with Gasteiger partial charge in [0.1, 0.15) is 4.88 Å². The van der Waals surface area contributed by atoms with E-state index >= 15 is 0 Å². The van der Waals surface area contributed by atoms with Gasteiger partial charge in [0.05, 0.1) is 25.6 Å². The maximum absolute atomic E-state index is 12.0. The topological polar surface area (TPSA) is 98.8 Å². The highest BCUT2D eigenvalue weighted by molar-refractivity contribution is 7.17.